The van der Waals surface area contributed by atoms with Crippen LogP contribution in [-0.2, 0) is 19.1 Å². The number of phenolic OH excluding ortho intramolecular Hbond substituents is 1. The molecule has 0 radical (unpaired) electrons. The lowest BCUT2D eigenvalue weighted by atomic mass is 10.2. The van der Waals surface area contributed by atoms with Crippen LogP contribution in [0.25, 0.3) is 6.08 Å². The Morgan fingerprint density at radius 2 is 1.97 bits per heavy atom. The third kappa shape index (κ3) is 5.38. The minimum atomic E-state index is -0.680. The summed E-state index contributed by atoms with van der Waals surface area (Å²) in [6.07, 6.45) is 4.07. The summed E-state index contributed by atoms with van der Waals surface area (Å²) in [5.74, 6) is -0.787. The highest BCUT2D eigenvalue weighted by atomic mass is 16.5. The summed E-state index contributed by atoms with van der Waals surface area (Å²) < 4.78 is 9.92. The molecule has 30 heavy (non-hydrogen) atoms. The molecule has 8 heteroatoms. The number of amides is 2. The Morgan fingerprint density at radius 1 is 1.20 bits per heavy atom. The zero-order valence-corrected chi connectivity index (χ0v) is 16.5. The number of hydrogen-bond donors (Lipinski definition) is 2. The van der Waals surface area contributed by atoms with Gasteiger partial charge >= 0.3 is 5.97 Å². The summed E-state index contributed by atoms with van der Waals surface area (Å²) in [6.45, 7) is 0.263. The maximum absolute atomic E-state index is 12.0. The Morgan fingerprint density at radius 3 is 2.63 bits per heavy atom. The van der Waals surface area contributed by atoms with Crippen LogP contribution in [-0.4, -0.2) is 43.2 Å². The average Bonchev–Trinajstić information content (AvgIpc) is 3.18. The number of benzene rings is 2. The minimum Gasteiger partial charge on any atom is -0.504 e. The van der Waals surface area contributed by atoms with E-state index in [1.54, 1.807) is 41.3 Å². The number of anilines is 2. The van der Waals surface area contributed by atoms with Crippen molar-refractivity contribution in [3.63, 3.8) is 0 Å². The van der Waals surface area contributed by atoms with E-state index in [1.807, 2.05) is 0 Å². The molecular weight excluding hydrogens is 388 g/mol. The van der Waals surface area contributed by atoms with Gasteiger partial charge in [-0.15, -0.1) is 0 Å². The first kappa shape index (κ1) is 20.9. The van der Waals surface area contributed by atoms with Crippen LogP contribution in [0.3, 0.4) is 0 Å². The maximum atomic E-state index is 12.0. The highest BCUT2D eigenvalue weighted by Crippen LogP contribution is 2.26. The summed E-state index contributed by atoms with van der Waals surface area (Å²) in [6, 6.07) is 11.5. The molecule has 1 saturated heterocycles. The fourth-order valence-electron chi connectivity index (χ4n) is 2.99. The number of hydrogen-bond acceptors (Lipinski definition) is 6. The fourth-order valence-corrected chi connectivity index (χ4v) is 2.99. The number of rotatable bonds is 7. The Hall–Kier alpha value is -3.81. The SMILES string of the molecule is COc1cc(/C=C/C(=O)OCC(=O)Nc2ccc(N3CCCC3=O)cc2)ccc1O. The summed E-state index contributed by atoms with van der Waals surface area (Å²) in [5, 5.41) is 12.2. The molecule has 3 rings (SSSR count). The number of carbonyl (C=O) groups is 3. The Balaban J connectivity index is 1.47. The monoisotopic (exact) mass is 410 g/mol. The molecule has 0 saturated carbocycles. The molecule has 0 unspecified atom stereocenters. The van der Waals surface area contributed by atoms with E-state index in [0.29, 0.717) is 24.2 Å². The molecule has 1 fully saturated rings. The van der Waals surface area contributed by atoms with Gasteiger partial charge in [-0.2, -0.15) is 0 Å². The van der Waals surface area contributed by atoms with Crippen LogP contribution in [0.15, 0.2) is 48.5 Å². The van der Waals surface area contributed by atoms with Crippen LogP contribution < -0.4 is 15.0 Å². The van der Waals surface area contributed by atoms with Gasteiger partial charge in [-0.3, -0.25) is 9.59 Å². The van der Waals surface area contributed by atoms with Crippen molar-refractivity contribution in [2.75, 3.05) is 30.5 Å². The summed E-state index contributed by atoms with van der Waals surface area (Å²) in [7, 11) is 1.43. The van der Waals surface area contributed by atoms with Crippen LogP contribution in [0, 0.1) is 0 Å². The van der Waals surface area contributed by atoms with Gasteiger partial charge in [0.15, 0.2) is 18.1 Å². The van der Waals surface area contributed by atoms with Gasteiger partial charge in [0.1, 0.15) is 0 Å². The molecule has 8 nitrogen and oxygen atoms in total. The van der Waals surface area contributed by atoms with Gasteiger partial charge in [0, 0.05) is 30.4 Å². The molecule has 2 amide bonds. The van der Waals surface area contributed by atoms with Crippen LogP contribution in [0.1, 0.15) is 18.4 Å². The first-order valence-corrected chi connectivity index (χ1v) is 9.38. The zero-order chi connectivity index (χ0) is 21.5. The van der Waals surface area contributed by atoms with E-state index in [1.165, 1.54) is 25.3 Å². The van der Waals surface area contributed by atoms with Crippen LogP contribution in [0.2, 0.25) is 0 Å². The average molecular weight is 410 g/mol. The van der Waals surface area contributed by atoms with Crippen LogP contribution in [0.5, 0.6) is 11.5 Å². The normalized spacial score (nSPS) is 13.5. The van der Waals surface area contributed by atoms with Gasteiger partial charge < -0.3 is 24.8 Å². The minimum absolute atomic E-state index is 0.00559. The topological polar surface area (TPSA) is 105 Å². The van der Waals surface area contributed by atoms with E-state index >= 15 is 0 Å². The van der Waals surface area contributed by atoms with Crippen LogP contribution in [0.4, 0.5) is 11.4 Å². The lowest BCUT2D eigenvalue weighted by Gasteiger charge is -2.16. The van der Waals surface area contributed by atoms with Crippen molar-refractivity contribution in [1.29, 1.82) is 0 Å². The zero-order valence-electron chi connectivity index (χ0n) is 16.5. The molecule has 1 aliphatic heterocycles. The molecule has 1 aliphatic rings. The lowest BCUT2D eigenvalue weighted by molar-refractivity contribution is -0.142. The van der Waals surface area contributed by atoms with Crippen molar-refractivity contribution in [3.8, 4) is 11.5 Å². The highest BCUT2D eigenvalue weighted by molar-refractivity contribution is 5.97. The number of aromatic hydroxyl groups is 1. The van der Waals surface area contributed by atoms with Gasteiger partial charge in [0.05, 0.1) is 7.11 Å². The Labute approximate surface area is 173 Å². The smallest absolute Gasteiger partial charge is 0.331 e. The third-order valence-corrected chi connectivity index (χ3v) is 4.50. The van der Waals surface area contributed by atoms with Gasteiger partial charge in [-0.1, -0.05) is 6.07 Å². The number of carbonyl (C=O) groups excluding carboxylic acids is 3. The van der Waals surface area contributed by atoms with Crippen LogP contribution >= 0.6 is 0 Å². The third-order valence-electron chi connectivity index (χ3n) is 4.50. The standard InChI is InChI=1S/C22H22N2O6/c1-29-19-13-15(4-10-18(19)25)5-11-22(28)30-14-20(26)23-16-6-8-17(9-7-16)24-12-2-3-21(24)27/h4-11,13,25H,2-3,12,14H2,1H3,(H,23,26)/b11-5+. The van der Waals surface area contributed by atoms with Gasteiger partial charge in [0.2, 0.25) is 5.91 Å². The first-order chi connectivity index (χ1) is 14.5. The molecule has 0 bridgehead atoms. The number of esters is 1. The van der Waals surface area contributed by atoms with Crippen molar-refractivity contribution < 1.29 is 29.0 Å². The molecule has 2 aromatic rings. The van der Waals surface area contributed by atoms with E-state index in [-0.39, 0.29) is 17.4 Å². The van der Waals surface area contributed by atoms with E-state index in [4.69, 9.17) is 9.47 Å². The van der Waals surface area contributed by atoms with E-state index < -0.39 is 18.5 Å². The quantitative estimate of drug-likeness (QED) is 0.537. The number of methoxy groups -OCH3 is 1. The molecule has 0 aromatic heterocycles. The van der Waals surface area contributed by atoms with E-state index in [2.05, 4.69) is 5.32 Å². The predicted molar refractivity (Wildman–Crippen MR) is 111 cm³/mol. The van der Waals surface area contributed by atoms with Crippen molar-refractivity contribution in [2.45, 2.75) is 12.8 Å². The molecule has 0 spiro atoms. The molecular formula is C22H22N2O6. The predicted octanol–water partition coefficient (Wildman–Crippen LogP) is 2.72. The molecule has 2 aromatic carbocycles. The fraction of sp³-hybridized carbons (Fsp3) is 0.227. The maximum Gasteiger partial charge on any atom is 0.331 e. The van der Waals surface area contributed by atoms with Crippen molar-refractivity contribution in [2.24, 2.45) is 0 Å². The summed E-state index contributed by atoms with van der Waals surface area (Å²) in [4.78, 5) is 37.3. The molecule has 0 atom stereocenters. The lowest BCUT2D eigenvalue weighted by Crippen LogP contribution is -2.23. The molecule has 1 heterocycles. The Kier molecular flexibility index (Phi) is 6.69. The number of nitrogens with one attached hydrogen (secondary N) is 1. The Bertz CT molecular complexity index is 968. The molecule has 0 aliphatic carbocycles. The second-order valence-corrected chi connectivity index (χ2v) is 6.62. The second-order valence-electron chi connectivity index (χ2n) is 6.62. The van der Waals surface area contributed by atoms with Crippen molar-refractivity contribution in [1.82, 2.24) is 0 Å². The van der Waals surface area contributed by atoms with E-state index in [0.717, 1.165) is 12.1 Å². The van der Waals surface area contributed by atoms with Gasteiger partial charge in [-0.05, 0) is 54.5 Å². The second kappa shape index (κ2) is 9.60. The van der Waals surface area contributed by atoms with E-state index in [9.17, 15) is 19.5 Å². The number of nitrogens with zero attached hydrogens (tertiary/aromatic N) is 1. The largest absolute Gasteiger partial charge is 0.504 e. The van der Waals surface area contributed by atoms with Gasteiger partial charge in [0.25, 0.3) is 5.91 Å². The molecule has 156 valence electrons. The summed E-state index contributed by atoms with van der Waals surface area (Å²) in [5.41, 5.74) is 1.96. The highest BCUT2D eigenvalue weighted by Gasteiger charge is 2.21. The molecule has 2 N–H and O–H groups in total. The first-order valence-electron chi connectivity index (χ1n) is 9.38. The number of ether oxygens (including phenoxy) is 2. The van der Waals surface area contributed by atoms with Crippen molar-refractivity contribution in [3.05, 3.63) is 54.1 Å². The number of phenols is 1. The van der Waals surface area contributed by atoms with Crippen molar-refractivity contribution >= 4 is 35.2 Å². The summed E-state index contributed by atoms with van der Waals surface area (Å²) >= 11 is 0. The van der Waals surface area contributed by atoms with Gasteiger partial charge in [-0.25, -0.2) is 4.79 Å².